The van der Waals surface area contributed by atoms with Crippen LogP contribution in [0.4, 0.5) is 0 Å². The molecule has 3 heteroatoms. The Morgan fingerprint density at radius 1 is 1.18 bits per heavy atom. The van der Waals surface area contributed by atoms with E-state index in [1.165, 1.54) is 8.78 Å². The second-order valence-electron chi connectivity index (χ2n) is 3.50. The Kier molecular flexibility index (Phi) is 21.5. The van der Waals surface area contributed by atoms with Crippen LogP contribution in [-0.2, 0) is 24.2 Å². The van der Waals surface area contributed by atoms with Gasteiger partial charge in [-0.15, -0.1) is 44.6 Å². The van der Waals surface area contributed by atoms with Gasteiger partial charge < -0.3 is 0 Å². The summed E-state index contributed by atoms with van der Waals surface area (Å²) in [6.45, 7) is 6.33. The average Bonchev–Trinajstić information content (AvgIpc) is 2.75. The maximum Gasteiger partial charge on any atom is -0.109 e. The summed E-state index contributed by atoms with van der Waals surface area (Å²) in [6, 6.07) is 0. The van der Waals surface area contributed by atoms with E-state index in [9.17, 15) is 0 Å². The van der Waals surface area contributed by atoms with Crippen LogP contribution < -0.4 is 0 Å². The molecular formula is C14H20Cl2Zr. The Morgan fingerprint density at radius 3 is 1.88 bits per heavy atom. The second-order valence-corrected chi connectivity index (χ2v) is 5.96. The molecule has 0 aromatic rings. The van der Waals surface area contributed by atoms with Gasteiger partial charge in [-0.05, 0) is 0 Å². The van der Waals surface area contributed by atoms with E-state index in [1.54, 1.807) is 24.2 Å². The third kappa shape index (κ3) is 22.0. The molecule has 0 aromatic carbocycles. The van der Waals surface area contributed by atoms with Crippen molar-refractivity contribution in [3.05, 3.63) is 48.1 Å². The fourth-order valence-electron chi connectivity index (χ4n) is 0.839. The Balaban J connectivity index is -0.000000167. The van der Waals surface area contributed by atoms with Crippen LogP contribution in [-0.4, -0.2) is 3.21 Å². The van der Waals surface area contributed by atoms with Crippen molar-refractivity contribution in [1.82, 2.24) is 0 Å². The Morgan fingerprint density at radius 2 is 1.76 bits per heavy atom. The zero-order valence-electron chi connectivity index (χ0n) is 10.6. The van der Waals surface area contributed by atoms with Crippen LogP contribution in [0.2, 0.25) is 0 Å². The molecule has 0 fully saturated rings. The smallest absolute Gasteiger partial charge is 0.109 e. The molecule has 2 aliphatic carbocycles. The van der Waals surface area contributed by atoms with Gasteiger partial charge in [0.25, 0.3) is 0 Å². The van der Waals surface area contributed by atoms with Crippen LogP contribution in [0.5, 0.6) is 0 Å². The van der Waals surface area contributed by atoms with Gasteiger partial charge in [0, 0.05) is 0 Å². The zero-order chi connectivity index (χ0) is 11.5. The van der Waals surface area contributed by atoms with Gasteiger partial charge >= 0.3 is 41.3 Å². The van der Waals surface area contributed by atoms with E-state index in [0.29, 0.717) is 0 Å². The van der Waals surface area contributed by atoms with Crippen LogP contribution in [0.25, 0.3) is 0 Å². The van der Waals surface area contributed by atoms with E-state index in [-0.39, 0.29) is 24.8 Å². The van der Waals surface area contributed by atoms with Crippen molar-refractivity contribution in [3.63, 3.8) is 0 Å². The molecule has 94 valence electrons. The molecule has 0 bridgehead atoms. The quantitative estimate of drug-likeness (QED) is 0.561. The average molecular weight is 350 g/mol. The molecule has 0 heterocycles. The van der Waals surface area contributed by atoms with Crippen molar-refractivity contribution in [1.29, 1.82) is 0 Å². The van der Waals surface area contributed by atoms with Crippen molar-refractivity contribution in [2.45, 2.75) is 33.6 Å². The molecule has 0 saturated carbocycles. The van der Waals surface area contributed by atoms with Crippen molar-refractivity contribution in [2.24, 2.45) is 0 Å². The molecule has 0 spiro atoms. The van der Waals surface area contributed by atoms with Crippen molar-refractivity contribution in [2.75, 3.05) is 0 Å². The van der Waals surface area contributed by atoms with Gasteiger partial charge in [-0.3, -0.25) is 12.2 Å². The van der Waals surface area contributed by atoms with Gasteiger partial charge in [-0.1, -0.05) is 0 Å². The standard InChI is InChI=1S/C6H7.C5H5.C3H6.2ClH.Zr/c1-6-4-2-3-5-6;1-2-4-5-3-1;1-3-2;;;/h4-5H,2H2,1H3;1-3H,4H2;1-2H3;2*1H;/q2*-1;;;;+2. The number of halogens is 2. The minimum atomic E-state index is 0. The van der Waals surface area contributed by atoms with Gasteiger partial charge in [0.2, 0.25) is 0 Å². The van der Waals surface area contributed by atoms with E-state index < -0.39 is 0 Å². The summed E-state index contributed by atoms with van der Waals surface area (Å²) in [5, 5.41) is 0. The molecule has 0 atom stereocenters. The summed E-state index contributed by atoms with van der Waals surface area (Å²) < 4.78 is 1.51. The fourth-order valence-corrected chi connectivity index (χ4v) is 0.839. The SMILES string of the molecule is CC1=CC[C-]=C1.C[C](C)=[Zr+2].Cl.Cl.[C-]1=CC=CC1. The minimum Gasteiger partial charge on any atom is -0.273 e. The van der Waals surface area contributed by atoms with Gasteiger partial charge in [-0.2, -0.15) is 12.2 Å². The van der Waals surface area contributed by atoms with E-state index >= 15 is 0 Å². The van der Waals surface area contributed by atoms with E-state index in [2.05, 4.69) is 45.1 Å². The van der Waals surface area contributed by atoms with Gasteiger partial charge in [0.15, 0.2) is 0 Å². The summed E-state index contributed by atoms with van der Waals surface area (Å²) in [5.41, 5.74) is 1.34. The first-order chi connectivity index (χ1) is 7.13. The summed E-state index contributed by atoms with van der Waals surface area (Å²) in [5.74, 6) is 0. The van der Waals surface area contributed by atoms with Crippen molar-refractivity contribution >= 4 is 28.0 Å². The Hall–Kier alpha value is 0.293. The first-order valence-corrected chi connectivity index (χ1v) is 6.32. The van der Waals surface area contributed by atoms with Gasteiger partial charge in [-0.25, -0.2) is 23.8 Å². The third-order valence-electron chi connectivity index (χ3n) is 1.46. The fraction of sp³-hybridized carbons (Fsp3) is 0.357. The van der Waals surface area contributed by atoms with Crippen molar-refractivity contribution < 1.29 is 24.2 Å². The Labute approximate surface area is 133 Å². The summed E-state index contributed by atoms with van der Waals surface area (Å²) >= 11 is 1.55. The monoisotopic (exact) mass is 348 g/mol. The third-order valence-corrected chi connectivity index (χ3v) is 1.46. The van der Waals surface area contributed by atoms with Gasteiger partial charge in [0.1, 0.15) is 0 Å². The van der Waals surface area contributed by atoms with Crippen LogP contribution in [0.15, 0.2) is 36.0 Å². The largest absolute Gasteiger partial charge is 0.273 e. The molecule has 2 rings (SSSR count). The van der Waals surface area contributed by atoms with Crippen LogP contribution in [0.3, 0.4) is 0 Å². The molecule has 0 aliphatic heterocycles. The number of hydrogen-bond acceptors (Lipinski definition) is 0. The summed E-state index contributed by atoms with van der Waals surface area (Å²) in [7, 11) is 0. The second kappa shape index (κ2) is 16.3. The predicted molar refractivity (Wildman–Crippen MR) is 78.6 cm³/mol. The first kappa shape index (κ1) is 22.5. The maximum absolute atomic E-state index is 3.05. The number of hydrogen-bond donors (Lipinski definition) is 0. The molecule has 0 saturated heterocycles. The molecule has 0 N–H and O–H groups in total. The maximum atomic E-state index is 3.05. The molecule has 2 aliphatic rings. The number of allylic oxidation sites excluding steroid dienone is 8. The summed E-state index contributed by atoms with van der Waals surface area (Å²) in [6.07, 6.45) is 18.2. The molecular weight excluding hydrogens is 330 g/mol. The molecule has 0 nitrogen and oxygen atoms in total. The van der Waals surface area contributed by atoms with Crippen molar-refractivity contribution in [3.8, 4) is 0 Å². The molecule has 17 heavy (non-hydrogen) atoms. The van der Waals surface area contributed by atoms with Crippen LogP contribution in [0.1, 0.15) is 33.6 Å². The normalized spacial score (nSPS) is 13.4. The topological polar surface area (TPSA) is 0 Å². The van der Waals surface area contributed by atoms with E-state index in [1.807, 2.05) is 18.2 Å². The minimum absolute atomic E-state index is 0. The van der Waals surface area contributed by atoms with E-state index in [0.717, 1.165) is 12.8 Å². The Bertz CT molecular complexity index is 283. The predicted octanol–water partition coefficient (Wildman–Crippen LogP) is 4.59. The molecule has 0 aromatic heterocycles. The van der Waals surface area contributed by atoms with E-state index in [4.69, 9.17) is 0 Å². The first-order valence-electron chi connectivity index (χ1n) is 5.09. The zero-order valence-corrected chi connectivity index (χ0v) is 14.7. The molecule has 0 radical (unpaired) electrons. The summed E-state index contributed by atoms with van der Waals surface area (Å²) in [4.78, 5) is 0. The van der Waals surface area contributed by atoms with Crippen LogP contribution in [0, 0.1) is 12.2 Å². The number of rotatable bonds is 0. The molecule has 0 amide bonds. The van der Waals surface area contributed by atoms with Crippen LogP contribution >= 0.6 is 24.8 Å². The molecule has 0 unspecified atom stereocenters. The van der Waals surface area contributed by atoms with Gasteiger partial charge in [0.05, 0.1) is 0 Å².